The van der Waals surface area contributed by atoms with Gasteiger partial charge in [-0.1, -0.05) is 77.8 Å². The lowest BCUT2D eigenvalue weighted by molar-refractivity contribution is -0.385. The fourth-order valence-corrected chi connectivity index (χ4v) is 4.34. The predicted octanol–water partition coefficient (Wildman–Crippen LogP) is 5.61. The van der Waals surface area contributed by atoms with Gasteiger partial charge in [0, 0.05) is 40.7 Å². The van der Waals surface area contributed by atoms with Crippen LogP contribution in [-0.2, 0) is 29.0 Å². The van der Waals surface area contributed by atoms with Gasteiger partial charge in [-0.25, -0.2) is 0 Å². The Morgan fingerprint density at radius 2 is 1.64 bits per heavy atom. The van der Waals surface area contributed by atoms with E-state index in [0.29, 0.717) is 15.6 Å². The van der Waals surface area contributed by atoms with Crippen molar-refractivity contribution in [2.24, 2.45) is 0 Å². The van der Waals surface area contributed by atoms with Crippen molar-refractivity contribution in [1.29, 1.82) is 0 Å². The quantitative estimate of drug-likeness (QED) is 0.274. The maximum Gasteiger partial charge on any atom is 0.273 e. The first kappa shape index (κ1) is 27.2. The molecule has 7 nitrogen and oxygen atoms in total. The highest BCUT2D eigenvalue weighted by Gasteiger charge is 2.32. The summed E-state index contributed by atoms with van der Waals surface area (Å²) in [6, 6.07) is 19.4. The molecule has 3 rings (SSSR count). The predicted molar refractivity (Wildman–Crippen MR) is 141 cm³/mol. The number of benzene rings is 3. The molecule has 0 heterocycles. The van der Waals surface area contributed by atoms with Crippen LogP contribution in [0.25, 0.3) is 0 Å². The zero-order chi connectivity index (χ0) is 26.2. The molecule has 0 unspecified atom stereocenters. The van der Waals surface area contributed by atoms with Crippen molar-refractivity contribution in [1.82, 2.24) is 10.2 Å². The molecule has 188 valence electrons. The van der Waals surface area contributed by atoms with Crippen molar-refractivity contribution >= 4 is 40.7 Å². The lowest BCUT2D eigenvalue weighted by atomic mass is 10.0. The fraction of sp³-hybridized carbons (Fsp3) is 0.259. The normalized spacial score (nSPS) is 11.7. The van der Waals surface area contributed by atoms with Gasteiger partial charge in [0.2, 0.25) is 11.8 Å². The van der Waals surface area contributed by atoms with E-state index in [1.54, 1.807) is 36.4 Å². The number of nitro groups is 1. The second-order valence-electron chi connectivity index (χ2n) is 8.69. The van der Waals surface area contributed by atoms with Crippen molar-refractivity contribution in [3.63, 3.8) is 0 Å². The largest absolute Gasteiger partial charge is 0.352 e. The van der Waals surface area contributed by atoms with E-state index >= 15 is 0 Å². The Kier molecular flexibility index (Phi) is 9.44. The van der Waals surface area contributed by atoms with Crippen LogP contribution in [0.1, 0.15) is 30.5 Å². The topological polar surface area (TPSA) is 92.6 Å². The van der Waals surface area contributed by atoms with Gasteiger partial charge in [0.1, 0.15) is 6.04 Å². The number of amides is 2. The van der Waals surface area contributed by atoms with Gasteiger partial charge in [-0.05, 0) is 37.1 Å². The Morgan fingerprint density at radius 1 is 0.972 bits per heavy atom. The highest BCUT2D eigenvalue weighted by atomic mass is 35.5. The molecule has 1 atom stereocenters. The number of carbonyl (C=O) groups excluding carboxylic acids is 2. The Morgan fingerprint density at radius 3 is 2.28 bits per heavy atom. The summed E-state index contributed by atoms with van der Waals surface area (Å²) in [7, 11) is 0. The first-order valence-electron chi connectivity index (χ1n) is 11.5. The molecule has 0 radical (unpaired) electrons. The minimum absolute atomic E-state index is 0.0263. The first-order valence-corrected chi connectivity index (χ1v) is 12.2. The smallest absolute Gasteiger partial charge is 0.273 e. The van der Waals surface area contributed by atoms with Gasteiger partial charge in [0.15, 0.2) is 0 Å². The third-order valence-electron chi connectivity index (χ3n) is 5.59. The van der Waals surface area contributed by atoms with Crippen LogP contribution >= 0.6 is 23.2 Å². The summed E-state index contributed by atoms with van der Waals surface area (Å²) >= 11 is 12.5. The van der Waals surface area contributed by atoms with Crippen LogP contribution in [0.3, 0.4) is 0 Å². The number of rotatable bonds is 10. The van der Waals surface area contributed by atoms with Gasteiger partial charge in [-0.3, -0.25) is 19.7 Å². The molecule has 0 aromatic heterocycles. The second-order valence-corrected chi connectivity index (χ2v) is 9.53. The van der Waals surface area contributed by atoms with Crippen molar-refractivity contribution in [3.8, 4) is 0 Å². The van der Waals surface area contributed by atoms with Crippen molar-refractivity contribution < 1.29 is 14.5 Å². The van der Waals surface area contributed by atoms with E-state index in [9.17, 15) is 19.7 Å². The fourth-order valence-electron chi connectivity index (χ4n) is 3.87. The molecular weight excluding hydrogens is 501 g/mol. The third-order valence-corrected chi connectivity index (χ3v) is 6.17. The Balaban J connectivity index is 2.04. The van der Waals surface area contributed by atoms with Crippen LogP contribution in [0.2, 0.25) is 10.0 Å². The van der Waals surface area contributed by atoms with Crippen LogP contribution in [0.4, 0.5) is 5.69 Å². The molecule has 3 aromatic carbocycles. The molecule has 0 fully saturated rings. The van der Waals surface area contributed by atoms with Crippen molar-refractivity contribution in [3.05, 3.63) is 110 Å². The summed E-state index contributed by atoms with van der Waals surface area (Å²) in [4.78, 5) is 39.6. The number of nitrogens with zero attached hydrogens (tertiary/aromatic N) is 2. The SMILES string of the molecule is CC(C)NC(=O)[C@@H](Cc1ccccc1)N(Cc1ccc(Cl)cc1Cl)C(=O)Cc1ccccc1[N+](=O)[O-]. The Labute approximate surface area is 220 Å². The average molecular weight is 528 g/mol. The summed E-state index contributed by atoms with van der Waals surface area (Å²) in [5, 5.41) is 15.2. The molecule has 36 heavy (non-hydrogen) atoms. The van der Waals surface area contributed by atoms with E-state index in [-0.39, 0.29) is 42.6 Å². The standard InChI is InChI=1S/C27H27Cl2N3O4/c1-18(2)30-27(34)25(14-19-8-4-3-5-9-19)31(17-21-12-13-22(28)16-23(21)29)26(33)15-20-10-6-7-11-24(20)32(35)36/h3-13,16,18,25H,14-15,17H2,1-2H3,(H,30,34)/t25-/m1/s1. The third kappa shape index (κ3) is 7.29. The van der Waals surface area contributed by atoms with Gasteiger partial charge in [0.05, 0.1) is 11.3 Å². The molecule has 0 aliphatic rings. The summed E-state index contributed by atoms with van der Waals surface area (Å²) < 4.78 is 0. The summed E-state index contributed by atoms with van der Waals surface area (Å²) in [6.07, 6.45) is 0.00976. The number of halogens is 2. The summed E-state index contributed by atoms with van der Waals surface area (Å²) in [5.74, 6) is -0.759. The highest BCUT2D eigenvalue weighted by molar-refractivity contribution is 6.35. The van der Waals surface area contributed by atoms with E-state index in [2.05, 4.69) is 5.32 Å². The number of hydrogen-bond donors (Lipinski definition) is 1. The maximum absolute atomic E-state index is 13.7. The lowest BCUT2D eigenvalue weighted by Gasteiger charge is -2.32. The van der Waals surface area contributed by atoms with Crippen molar-refractivity contribution in [2.45, 2.75) is 45.3 Å². The maximum atomic E-state index is 13.7. The molecule has 2 amide bonds. The molecule has 0 spiro atoms. The molecule has 0 aliphatic carbocycles. The number of hydrogen-bond acceptors (Lipinski definition) is 4. The molecular formula is C27H27Cl2N3O4. The molecule has 0 saturated carbocycles. The molecule has 0 aliphatic heterocycles. The van der Waals surface area contributed by atoms with Crippen LogP contribution in [0, 0.1) is 10.1 Å². The number of nitro benzene ring substituents is 1. The molecule has 9 heteroatoms. The van der Waals surface area contributed by atoms with E-state index < -0.39 is 16.9 Å². The molecule has 3 aromatic rings. The summed E-state index contributed by atoms with van der Waals surface area (Å²) in [6.45, 7) is 3.71. The Hall–Kier alpha value is -3.42. The second kappa shape index (κ2) is 12.5. The van der Waals surface area contributed by atoms with Crippen LogP contribution in [-0.4, -0.2) is 33.7 Å². The zero-order valence-electron chi connectivity index (χ0n) is 20.0. The minimum Gasteiger partial charge on any atom is -0.352 e. The van der Waals surface area contributed by atoms with E-state index in [1.165, 1.54) is 11.0 Å². The molecule has 0 saturated heterocycles. The van der Waals surface area contributed by atoms with Gasteiger partial charge in [0.25, 0.3) is 5.69 Å². The first-order chi connectivity index (χ1) is 17.2. The van der Waals surface area contributed by atoms with Crippen LogP contribution in [0.5, 0.6) is 0 Å². The van der Waals surface area contributed by atoms with Crippen LogP contribution < -0.4 is 5.32 Å². The molecule has 1 N–H and O–H groups in total. The van der Waals surface area contributed by atoms with Crippen molar-refractivity contribution in [2.75, 3.05) is 0 Å². The number of para-hydroxylation sites is 1. The van der Waals surface area contributed by atoms with E-state index in [4.69, 9.17) is 23.2 Å². The summed E-state index contributed by atoms with van der Waals surface area (Å²) in [5.41, 5.74) is 1.59. The average Bonchev–Trinajstić information content (AvgIpc) is 2.82. The Bertz CT molecular complexity index is 1230. The number of carbonyl (C=O) groups is 2. The van der Waals surface area contributed by atoms with E-state index in [0.717, 1.165) is 5.56 Å². The van der Waals surface area contributed by atoms with Crippen LogP contribution in [0.15, 0.2) is 72.8 Å². The monoisotopic (exact) mass is 527 g/mol. The van der Waals surface area contributed by atoms with Gasteiger partial charge in [-0.2, -0.15) is 0 Å². The van der Waals surface area contributed by atoms with E-state index in [1.807, 2.05) is 44.2 Å². The van der Waals surface area contributed by atoms with Gasteiger partial charge < -0.3 is 10.2 Å². The molecule has 0 bridgehead atoms. The number of nitrogens with one attached hydrogen (secondary N) is 1. The van der Waals surface area contributed by atoms with Gasteiger partial charge >= 0.3 is 0 Å². The minimum atomic E-state index is -0.878. The lowest BCUT2D eigenvalue weighted by Crippen LogP contribution is -2.52. The highest BCUT2D eigenvalue weighted by Crippen LogP contribution is 2.26. The van der Waals surface area contributed by atoms with Gasteiger partial charge in [-0.15, -0.1) is 0 Å². The zero-order valence-corrected chi connectivity index (χ0v) is 21.5.